The first kappa shape index (κ1) is 18.2. The molecule has 0 rings (SSSR count). The summed E-state index contributed by atoms with van der Waals surface area (Å²) in [4.78, 5) is 12.2. The standard InChI is InChI=1S/C11H20F3NO3S/c1-4-15(8-11(12,13)14)10(16)5-6-19(17,18)7-9(2)3/h9H,4-8H2,1-3H3. The Kier molecular flexibility index (Phi) is 6.82. The molecule has 8 heteroatoms. The van der Waals surface area contributed by atoms with Gasteiger partial charge in [0.2, 0.25) is 5.91 Å². The summed E-state index contributed by atoms with van der Waals surface area (Å²) in [5.41, 5.74) is 0. The lowest BCUT2D eigenvalue weighted by atomic mass is 10.3. The number of alkyl halides is 3. The average Bonchev–Trinajstić information content (AvgIpc) is 2.19. The Morgan fingerprint density at radius 2 is 1.79 bits per heavy atom. The highest BCUT2D eigenvalue weighted by molar-refractivity contribution is 7.91. The zero-order valence-electron chi connectivity index (χ0n) is 11.3. The molecule has 0 aliphatic carbocycles. The molecular weight excluding hydrogens is 283 g/mol. The molecule has 0 bridgehead atoms. The Balaban J connectivity index is 4.44. The minimum Gasteiger partial charge on any atom is -0.334 e. The van der Waals surface area contributed by atoms with Crippen molar-refractivity contribution in [3.8, 4) is 0 Å². The molecule has 4 nitrogen and oxygen atoms in total. The number of rotatable bonds is 7. The number of nitrogens with zero attached hydrogens (tertiary/aromatic N) is 1. The molecule has 19 heavy (non-hydrogen) atoms. The minimum atomic E-state index is -4.47. The van der Waals surface area contributed by atoms with Crippen molar-refractivity contribution in [1.82, 2.24) is 4.90 Å². The van der Waals surface area contributed by atoms with Crippen LogP contribution in [0.1, 0.15) is 27.2 Å². The fourth-order valence-corrected chi connectivity index (χ4v) is 3.25. The molecule has 0 aromatic carbocycles. The molecule has 0 spiro atoms. The number of carbonyl (C=O) groups is 1. The van der Waals surface area contributed by atoms with Crippen molar-refractivity contribution < 1.29 is 26.4 Å². The van der Waals surface area contributed by atoms with Crippen LogP contribution in [-0.4, -0.2) is 50.0 Å². The Hall–Kier alpha value is -0.790. The van der Waals surface area contributed by atoms with Gasteiger partial charge < -0.3 is 4.90 Å². The number of sulfone groups is 1. The second-order valence-corrected chi connectivity index (χ2v) is 7.01. The number of hydrogen-bond acceptors (Lipinski definition) is 3. The van der Waals surface area contributed by atoms with Gasteiger partial charge in [-0.2, -0.15) is 13.2 Å². The van der Waals surface area contributed by atoms with Gasteiger partial charge in [-0.1, -0.05) is 13.8 Å². The number of hydrogen-bond donors (Lipinski definition) is 0. The number of carbonyl (C=O) groups excluding carboxylic acids is 1. The quantitative estimate of drug-likeness (QED) is 0.721. The Bertz CT molecular complexity index is 390. The first-order chi connectivity index (χ1) is 8.47. The van der Waals surface area contributed by atoms with Crippen molar-refractivity contribution in [1.29, 1.82) is 0 Å². The van der Waals surface area contributed by atoms with Crippen molar-refractivity contribution in [2.24, 2.45) is 5.92 Å². The maximum absolute atomic E-state index is 12.2. The monoisotopic (exact) mass is 303 g/mol. The van der Waals surface area contributed by atoms with Gasteiger partial charge in [0.1, 0.15) is 6.54 Å². The molecule has 0 saturated heterocycles. The summed E-state index contributed by atoms with van der Waals surface area (Å²) >= 11 is 0. The van der Waals surface area contributed by atoms with Crippen molar-refractivity contribution >= 4 is 15.7 Å². The normalized spacial score (nSPS) is 12.8. The molecule has 114 valence electrons. The molecule has 0 aromatic rings. The lowest BCUT2D eigenvalue weighted by Crippen LogP contribution is -2.39. The molecule has 1 amide bonds. The molecule has 0 aliphatic rings. The van der Waals surface area contributed by atoms with E-state index in [2.05, 4.69) is 0 Å². The van der Waals surface area contributed by atoms with Crippen molar-refractivity contribution in [2.75, 3.05) is 24.6 Å². The highest BCUT2D eigenvalue weighted by Crippen LogP contribution is 2.17. The van der Waals surface area contributed by atoms with Crippen molar-refractivity contribution in [3.63, 3.8) is 0 Å². The number of amides is 1. The molecule has 0 saturated carbocycles. The van der Waals surface area contributed by atoms with Crippen LogP contribution in [0.5, 0.6) is 0 Å². The van der Waals surface area contributed by atoms with E-state index in [4.69, 9.17) is 0 Å². The molecule has 0 aliphatic heterocycles. The zero-order valence-corrected chi connectivity index (χ0v) is 12.1. The van der Waals surface area contributed by atoms with Crippen LogP contribution in [-0.2, 0) is 14.6 Å². The van der Waals surface area contributed by atoms with Gasteiger partial charge in [-0.25, -0.2) is 8.42 Å². The first-order valence-electron chi connectivity index (χ1n) is 6.01. The molecule has 0 N–H and O–H groups in total. The SMILES string of the molecule is CCN(CC(F)(F)F)C(=O)CCS(=O)(=O)CC(C)C. The smallest absolute Gasteiger partial charge is 0.334 e. The maximum Gasteiger partial charge on any atom is 0.406 e. The lowest BCUT2D eigenvalue weighted by molar-refractivity contribution is -0.160. The van der Waals surface area contributed by atoms with Crippen molar-refractivity contribution in [2.45, 2.75) is 33.4 Å². The van der Waals surface area contributed by atoms with Gasteiger partial charge in [0.05, 0.1) is 11.5 Å². The predicted molar refractivity (Wildman–Crippen MR) is 66.4 cm³/mol. The van der Waals surface area contributed by atoms with Crippen LogP contribution in [0.3, 0.4) is 0 Å². The topological polar surface area (TPSA) is 54.5 Å². The molecule has 0 radical (unpaired) electrons. The van der Waals surface area contributed by atoms with E-state index in [0.29, 0.717) is 4.90 Å². The van der Waals surface area contributed by atoms with Crippen LogP contribution in [0.25, 0.3) is 0 Å². The van der Waals surface area contributed by atoms with Gasteiger partial charge in [0.25, 0.3) is 0 Å². The first-order valence-corrected chi connectivity index (χ1v) is 7.84. The summed E-state index contributed by atoms with van der Waals surface area (Å²) in [6, 6.07) is 0. The Morgan fingerprint density at radius 3 is 2.16 bits per heavy atom. The average molecular weight is 303 g/mol. The summed E-state index contributed by atoms with van der Waals surface area (Å²) in [5.74, 6) is -1.32. The summed E-state index contributed by atoms with van der Waals surface area (Å²) in [5, 5.41) is 0. The van der Waals surface area contributed by atoms with Crippen LogP contribution in [0.2, 0.25) is 0 Å². The predicted octanol–water partition coefficient (Wildman–Crippen LogP) is 1.86. The fraction of sp³-hybridized carbons (Fsp3) is 0.909. The van der Waals surface area contributed by atoms with E-state index < -0.39 is 40.6 Å². The van der Waals surface area contributed by atoms with Gasteiger partial charge in [-0.3, -0.25) is 4.79 Å². The van der Waals surface area contributed by atoms with Crippen LogP contribution in [0.4, 0.5) is 13.2 Å². The summed E-state index contributed by atoms with van der Waals surface area (Å²) in [6.45, 7) is 3.43. The molecule has 0 heterocycles. The Labute approximate surface area is 111 Å². The molecule has 0 atom stereocenters. The minimum absolute atomic E-state index is 0.0638. The van der Waals surface area contributed by atoms with Gasteiger partial charge in [0.15, 0.2) is 9.84 Å². The van der Waals surface area contributed by atoms with Gasteiger partial charge >= 0.3 is 6.18 Å². The van der Waals surface area contributed by atoms with Gasteiger partial charge in [-0.05, 0) is 12.8 Å². The van der Waals surface area contributed by atoms with Crippen LogP contribution in [0, 0.1) is 5.92 Å². The Morgan fingerprint density at radius 1 is 1.26 bits per heavy atom. The third kappa shape index (κ3) is 8.85. The maximum atomic E-state index is 12.2. The molecule has 0 unspecified atom stereocenters. The van der Waals surface area contributed by atoms with E-state index in [-0.39, 0.29) is 18.2 Å². The highest BCUT2D eigenvalue weighted by Gasteiger charge is 2.32. The van der Waals surface area contributed by atoms with Crippen molar-refractivity contribution in [3.05, 3.63) is 0 Å². The third-order valence-corrected chi connectivity index (χ3v) is 4.32. The van der Waals surface area contributed by atoms with E-state index in [1.807, 2.05) is 0 Å². The van der Waals surface area contributed by atoms with Crippen LogP contribution < -0.4 is 0 Å². The third-order valence-electron chi connectivity index (χ3n) is 2.32. The second-order valence-electron chi connectivity index (χ2n) is 4.78. The molecule has 0 aromatic heterocycles. The van der Waals surface area contributed by atoms with E-state index in [1.54, 1.807) is 13.8 Å². The summed E-state index contributed by atoms with van der Waals surface area (Å²) in [7, 11) is -3.39. The van der Waals surface area contributed by atoms with Crippen LogP contribution in [0.15, 0.2) is 0 Å². The fourth-order valence-electron chi connectivity index (χ4n) is 1.58. The van der Waals surface area contributed by atoms with E-state index in [0.717, 1.165) is 0 Å². The molecule has 0 fully saturated rings. The largest absolute Gasteiger partial charge is 0.406 e. The summed E-state index contributed by atoms with van der Waals surface area (Å²) in [6.07, 6.45) is -4.87. The lowest BCUT2D eigenvalue weighted by Gasteiger charge is -2.22. The van der Waals surface area contributed by atoms with Crippen LogP contribution >= 0.6 is 0 Å². The van der Waals surface area contributed by atoms with Gasteiger partial charge in [0, 0.05) is 13.0 Å². The van der Waals surface area contributed by atoms with E-state index in [9.17, 15) is 26.4 Å². The highest BCUT2D eigenvalue weighted by atomic mass is 32.2. The second kappa shape index (κ2) is 7.12. The summed E-state index contributed by atoms with van der Waals surface area (Å²) < 4.78 is 59.7. The molecular formula is C11H20F3NO3S. The zero-order chi connectivity index (χ0) is 15.3. The van der Waals surface area contributed by atoms with Gasteiger partial charge in [-0.15, -0.1) is 0 Å². The van der Waals surface area contributed by atoms with E-state index >= 15 is 0 Å². The van der Waals surface area contributed by atoms with E-state index in [1.165, 1.54) is 6.92 Å². The number of halogens is 3.